The zero-order valence-electron chi connectivity index (χ0n) is 10.6. The second-order valence-electron chi connectivity index (χ2n) is 4.86. The van der Waals surface area contributed by atoms with Crippen LogP contribution < -0.4 is 4.90 Å². The Hall–Kier alpha value is -2.02. The number of hydrogen-bond acceptors (Lipinski definition) is 1. The molecule has 0 amide bonds. The Bertz CT molecular complexity index is 561. The molecule has 2 aromatic carbocycles. The Labute approximate surface area is 108 Å². The summed E-state index contributed by atoms with van der Waals surface area (Å²) < 4.78 is 0. The predicted molar refractivity (Wildman–Crippen MR) is 77.8 cm³/mol. The maximum atomic E-state index is 2.42. The molecule has 0 unspecified atom stereocenters. The van der Waals surface area contributed by atoms with Gasteiger partial charge in [-0.05, 0) is 29.7 Å². The third-order valence-electron chi connectivity index (χ3n) is 3.41. The molecular weight excluding hydrogens is 218 g/mol. The lowest BCUT2D eigenvalue weighted by molar-refractivity contribution is 0.776. The highest BCUT2D eigenvalue weighted by atomic mass is 15.2. The fourth-order valence-electron chi connectivity index (χ4n) is 2.41. The van der Waals surface area contributed by atoms with Crippen LogP contribution in [-0.2, 0) is 0 Å². The van der Waals surface area contributed by atoms with Gasteiger partial charge in [-0.1, -0.05) is 54.6 Å². The van der Waals surface area contributed by atoms with Crippen molar-refractivity contribution < 1.29 is 0 Å². The monoisotopic (exact) mass is 235 g/mol. The molecule has 0 spiro atoms. The van der Waals surface area contributed by atoms with Crippen LogP contribution in [0, 0.1) is 6.92 Å². The van der Waals surface area contributed by atoms with E-state index in [1.807, 2.05) is 0 Å². The molecule has 1 saturated heterocycles. The topological polar surface area (TPSA) is 3.24 Å². The van der Waals surface area contributed by atoms with Crippen LogP contribution in [0.15, 0.2) is 60.2 Å². The van der Waals surface area contributed by atoms with Crippen molar-refractivity contribution in [3.63, 3.8) is 0 Å². The highest BCUT2D eigenvalue weighted by molar-refractivity contribution is 5.64. The third-order valence-corrected chi connectivity index (χ3v) is 3.41. The zero-order chi connectivity index (χ0) is 12.4. The molecule has 1 heteroatoms. The molecule has 1 nitrogen and oxygen atoms in total. The Morgan fingerprint density at radius 2 is 1.56 bits per heavy atom. The van der Waals surface area contributed by atoms with Gasteiger partial charge in [0.15, 0.2) is 0 Å². The van der Waals surface area contributed by atoms with Gasteiger partial charge in [0.1, 0.15) is 0 Å². The summed E-state index contributed by atoms with van der Waals surface area (Å²) in [6, 6.07) is 19.1. The molecule has 0 bridgehead atoms. The van der Waals surface area contributed by atoms with Crippen molar-refractivity contribution in [1.29, 1.82) is 0 Å². The number of hydrogen-bond donors (Lipinski definition) is 0. The van der Waals surface area contributed by atoms with Gasteiger partial charge in [-0.25, -0.2) is 0 Å². The molecule has 0 N–H and O–H groups in total. The van der Waals surface area contributed by atoms with Crippen molar-refractivity contribution in [2.75, 3.05) is 18.0 Å². The van der Waals surface area contributed by atoms with E-state index in [9.17, 15) is 0 Å². The fraction of sp³-hybridized carbons (Fsp3) is 0.176. The summed E-state index contributed by atoms with van der Waals surface area (Å²) in [5.41, 5.74) is 5.53. The Balaban J connectivity index is 1.71. The minimum atomic E-state index is 1.06. The molecule has 18 heavy (non-hydrogen) atoms. The lowest BCUT2D eigenvalue weighted by Crippen LogP contribution is -2.40. The fourth-order valence-corrected chi connectivity index (χ4v) is 2.41. The first-order chi connectivity index (χ1) is 8.83. The SMILES string of the molecule is Cc1ccccc1N1CC(=Cc2ccccc2)C1. The maximum Gasteiger partial charge on any atom is 0.0413 e. The predicted octanol–water partition coefficient (Wildman–Crippen LogP) is 3.90. The minimum absolute atomic E-state index is 1.06. The van der Waals surface area contributed by atoms with Crippen molar-refractivity contribution in [1.82, 2.24) is 0 Å². The Morgan fingerprint density at radius 3 is 2.28 bits per heavy atom. The van der Waals surface area contributed by atoms with Gasteiger partial charge in [0, 0.05) is 18.8 Å². The summed E-state index contributed by atoms with van der Waals surface area (Å²) in [6.45, 7) is 4.29. The number of benzene rings is 2. The average Bonchev–Trinajstić information content (AvgIpc) is 2.36. The van der Waals surface area contributed by atoms with Gasteiger partial charge in [-0.15, -0.1) is 0 Å². The van der Waals surface area contributed by atoms with Crippen LogP contribution >= 0.6 is 0 Å². The van der Waals surface area contributed by atoms with Crippen LogP contribution in [0.1, 0.15) is 11.1 Å². The van der Waals surface area contributed by atoms with Gasteiger partial charge in [0.25, 0.3) is 0 Å². The summed E-state index contributed by atoms with van der Waals surface area (Å²) in [4.78, 5) is 2.42. The van der Waals surface area contributed by atoms with E-state index in [1.165, 1.54) is 22.4 Å². The number of para-hydroxylation sites is 1. The van der Waals surface area contributed by atoms with Gasteiger partial charge >= 0.3 is 0 Å². The minimum Gasteiger partial charge on any atom is -0.363 e. The first kappa shape index (κ1) is 11.1. The molecular formula is C17H17N. The summed E-state index contributed by atoms with van der Waals surface area (Å²) in [5.74, 6) is 0. The van der Waals surface area contributed by atoms with E-state index in [4.69, 9.17) is 0 Å². The highest BCUT2D eigenvalue weighted by Crippen LogP contribution is 2.27. The van der Waals surface area contributed by atoms with E-state index in [0.717, 1.165) is 13.1 Å². The summed E-state index contributed by atoms with van der Waals surface area (Å²) in [5, 5.41) is 0. The number of aryl methyl sites for hydroxylation is 1. The lowest BCUT2D eigenvalue weighted by Gasteiger charge is -2.37. The van der Waals surface area contributed by atoms with Crippen LogP contribution in [0.25, 0.3) is 6.08 Å². The van der Waals surface area contributed by atoms with Crippen molar-refractivity contribution in [3.8, 4) is 0 Å². The highest BCUT2D eigenvalue weighted by Gasteiger charge is 2.21. The molecule has 0 saturated carbocycles. The normalized spacial score (nSPS) is 14.3. The summed E-state index contributed by atoms with van der Waals surface area (Å²) >= 11 is 0. The average molecular weight is 235 g/mol. The van der Waals surface area contributed by atoms with Crippen molar-refractivity contribution in [2.45, 2.75) is 6.92 Å². The smallest absolute Gasteiger partial charge is 0.0413 e. The van der Waals surface area contributed by atoms with E-state index >= 15 is 0 Å². The molecule has 0 atom stereocenters. The lowest BCUT2D eigenvalue weighted by atomic mass is 10.0. The van der Waals surface area contributed by atoms with Crippen molar-refractivity contribution in [2.24, 2.45) is 0 Å². The standard InChI is InChI=1S/C17H17N/c1-14-7-5-6-10-17(14)18-12-16(13-18)11-15-8-3-2-4-9-15/h2-11H,12-13H2,1H3. The molecule has 0 aromatic heterocycles. The van der Waals surface area contributed by atoms with E-state index < -0.39 is 0 Å². The van der Waals surface area contributed by atoms with Crippen LogP contribution in [0.4, 0.5) is 5.69 Å². The Kier molecular flexibility index (Phi) is 2.89. The molecule has 1 fully saturated rings. The van der Waals surface area contributed by atoms with Crippen molar-refractivity contribution in [3.05, 3.63) is 71.3 Å². The van der Waals surface area contributed by atoms with Crippen LogP contribution in [-0.4, -0.2) is 13.1 Å². The van der Waals surface area contributed by atoms with Gasteiger partial charge in [0.2, 0.25) is 0 Å². The molecule has 0 radical (unpaired) electrons. The largest absolute Gasteiger partial charge is 0.363 e. The van der Waals surface area contributed by atoms with Gasteiger partial charge in [-0.2, -0.15) is 0 Å². The second kappa shape index (κ2) is 4.69. The molecule has 90 valence electrons. The van der Waals surface area contributed by atoms with Crippen LogP contribution in [0.2, 0.25) is 0 Å². The first-order valence-electron chi connectivity index (χ1n) is 6.38. The van der Waals surface area contributed by atoms with E-state index in [0.29, 0.717) is 0 Å². The molecule has 1 aliphatic rings. The second-order valence-corrected chi connectivity index (χ2v) is 4.86. The number of anilines is 1. The van der Waals surface area contributed by atoms with Gasteiger partial charge in [0.05, 0.1) is 0 Å². The quantitative estimate of drug-likeness (QED) is 0.763. The summed E-state index contributed by atoms with van der Waals surface area (Å²) in [7, 11) is 0. The summed E-state index contributed by atoms with van der Waals surface area (Å²) in [6.07, 6.45) is 2.30. The van der Waals surface area contributed by atoms with E-state index in [-0.39, 0.29) is 0 Å². The first-order valence-corrected chi connectivity index (χ1v) is 6.38. The molecule has 1 aliphatic heterocycles. The molecule has 3 rings (SSSR count). The third kappa shape index (κ3) is 2.17. The molecule has 2 aromatic rings. The maximum absolute atomic E-state index is 2.42. The molecule has 0 aliphatic carbocycles. The van der Waals surface area contributed by atoms with Crippen LogP contribution in [0.5, 0.6) is 0 Å². The van der Waals surface area contributed by atoms with E-state index in [2.05, 4.69) is 72.5 Å². The van der Waals surface area contributed by atoms with Gasteiger partial charge < -0.3 is 4.90 Å². The van der Waals surface area contributed by atoms with Gasteiger partial charge in [-0.3, -0.25) is 0 Å². The van der Waals surface area contributed by atoms with E-state index in [1.54, 1.807) is 0 Å². The zero-order valence-corrected chi connectivity index (χ0v) is 10.6. The van der Waals surface area contributed by atoms with Crippen LogP contribution in [0.3, 0.4) is 0 Å². The van der Waals surface area contributed by atoms with Crippen molar-refractivity contribution >= 4 is 11.8 Å². The number of rotatable bonds is 2. The number of nitrogens with zero attached hydrogens (tertiary/aromatic N) is 1. The molecule has 1 heterocycles. The Morgan fingerprint density at radius 1 is 0.889 bits per heavy atom.